The van der Waals surface area contributed by atoms with Gasteiger partial charge in [0.25, 0.3) is 0 Å². The summed E-state index contributed by atoms with van der Waals surface area (Å²) in [6.07, 6.45) is -2.56. The van der Waals surface area contributed by atoms with Crippen LogP contribution in [0.4, 0.5) is 27.6 Å². The number of pyridine rings is 1. The zero-order valence-electron chi connectivity index (χ0n) is 20.6. The second-order valence-corrected chi connectivity index (χ2v) is 8.94. The van der Waals surface area contributed by atoms with Gasteiger partial charge in [0.2, 0.25) is 0 Å². The lowest BCUT2D eigenvalue weighted by atomic mass is 9.91. The van der Waals surface area contributed by atoms with Crippen LogP contribution in [0.1, 0.15) is 22.3 Å². The Morgan fingerprint density at radius 1 is 0.795 bits per heavy atom. The number of halogens is 5. The number of benzene rings is 4. The third kappa shape index (κ3) is 6.00. The Balaban J connectivity index is 1.56. The van der Waals surface area contributed by atoms with Crippen LogP contribution in [0.2, 0.25) is 0 Å². The van der Waals surface area contributed by atoms with Crippen LogP contribution in [0.5, 0.6) is 5.75 Å². The van der Waals surface area contributed by atoms with Crippen molar-refractivity contribution in [1.82, 2.24) is 4.98 Å². The van der Waals surface area contributed by atoms with Gasteiger partial charge in [0.05, 0.1) is 11.1 Å². The molecule has 0 bridgehead atoms. The first-order valence-electron chi connectivity index (χ1n) is 12.2. The van der Waals surface area contributed by atoms with Gasteiger partial charge in [-0.3, -0.25) is 4.98 Å². The van der Waals surface area contributed by atoms with Gasteiger partial charge in [-0.15, -0.1) is 0 Å². The molecule has 0 atom stereocenters. The molecule has 1 N–H and O–H groups in total. The van der Waals surface area contributed by atoms with Crippen LogP contribution in [0.3, 0.4) is 0 Å². The van der Waals surface area contributed by atoms with Crippen molar-refractivity contribution in [2.45, 2.75) is 25.8 Å². The summed E-state index contributed by atoms with van der Waals surface area (Å²) in [7, 11) is 0. The van der Waals surface area contributed by atoms with E-state index < -0.39 is 18.4 Å². The molecule has 8 heteroatoms. The molecule has 0 fully saturated rings. The molecule has 5 aromatic rings. The molecule has 0 saturated carbocycles. The van der Waals surface area contributed by atoms with Crippen LogP contribution in [0.15, 0.2) is 103 Å². The Morgan fingerprint density at radius 3 is 2.31 bits per heavy atom. The number of aromatic nitrogens is 1. The zero-order valence-corrected chi connectivity index (χ0v) is 20.6. The van der Waals surface area contributed by atoms with Crippen LogP contribution in [-0.2, 0) is 19.1 Å². The summed E-state index contributed by atoms with van der Waals surface area (Å²) in [5.74, 6) is 0.0705. The van der Waals surface area contributed by atoms with Crippen LogP contribution in [0.25, 0.3) is 22.0 Å². The molecule has 0 spiro atoms. The number of nitrogens with zero attached hydrogens (tertiary/aromatic N) is 1. The van der Waals surface area contributed by atoms with E-state index in [0.717, 1.165) is 17.2 Å². The van der Waals surface area contributed by atoms with E-state index in [4.69, 9.17) is 0 Å². The van der Waals surface area contributed by atoms with Crippen molar-refractivity contribution in [1.29, 1.82) is 0 Å². The molecule has 4 aromatic carbocycles. The SMILES string of the molecule is FC(F)Oc1ccccc1CNc1cccc(-c2c(Cc3ccccc3)cnc3c(C(F)(F)F)cccc23)c1. The normalized spacial score (nSPS) is 11.6. The van der Waals surface area contributed by atoms with E-state index >= 15 is 0 Å². The van der Waals surface area contributed by atoms with Gasteiger partial charge in [0.1, 0.15) is 5.75 Å². The lowest BCUT2D eigenvalue weighted by Crippen LogP contribution is -2.08. The molecule has 39 heavy (non-hydrogen) atoms. The van der Waals surface area contributed by atoms with Crippen molar-refractivity contribution in [2.75, 3.05) is 5.32 Å². The van der Waals surface area contributed by atoms with Crippen molar-refractivity contribution in [3.05, 3.63) is 126 Å². The van der Waals surface area contributed by atoms with Crippen molar-refractivity contribution in [3.63, 3.8) is 0 Å². The minimum Gasteiger partial charge on any atom is -0.434 e. The highest BCUT2D eigenvalue weighted by Gasteiger charge is 2.33. The molecule has 0 unspecified atom stereocenters. The fourth-order valence-corrected chi connectivity index (χ4v) is 4.63. The quantitative estimate of drug-likeness (QED) is 0.202. The van der Waals surface area contributed by atoms with E-state index in [1.165, 1.54) is 18.3 Å². The molecular weight excluding hydrogens is 511 g/mol. The number of fused-ring (bicyclic) bond motifs is 1. The molecule has 198 valence electrons. The summed E-state index contributed by atoms with van der Waals surface area (Å²) in [5, 5.41) is 3.61. The van der Waals surface area contributed by atoms with Crippen molar-refractivity contribution in [3.8, 4) is 16.9 Å². The number of alkyl halides is 5. The molecular formula is C31H23F5N2O. The maximum Gasteiger partial charge on any atom is 0.418 e. The molecule has 3 nitrogen and oxygen atoms in total. The van der Waals surface area contributed by atoms with Crippen molar-refractivity contribution in [2.24, 2.45) is 0 Å². The third-order valence-corrected chi connectivity index (χ3v) is 6.34. The number of para-hydroxylation sites is 2. The zero-order chi connectivity index (χ0) is 27.4. The Morgan fingerprint density at radius 2 is 1.54 bits per heavy atom. The van der Waals surface area contributed by atoms with Gasteiger partial charge in [-0.05, 0) is 52.9 Å². The molecule has 0 radical (unpaired) electrons. The minimum atomic E-state index is -4.55. The standard InChI is InChI=1S/C31H23F5N2O/c32-30(33)39-27-15-5-4-10-22(27)18-37-24-12-6-11-21(17-24)28-23(16-20-8-2-1-3-9-20)19-38-29-25(28)13-7-14-26(29)31(34,35)36/h1-15,17,19,30,37H,16,18H2. The maximum absolute atomic E-state index is 13.8. The number of anilines is 1. The van der Waals surface area contributed by atoms with Gasteiger partial charge in [-0.2, -0.15) is 22.0 Å². The van der Waals surface area contributed by atoms with Crippen LogP contribution in [-0.4, -0.2) is 11.6 Å². The van der Waals surface area contributed by atoms with Crippen molar-refractivity contribution >= 4 is 16.6 Å². The molecule has 0 saturated heterocycles. The Kier molecular flexibility index (Phi) is 7.45. The summed E-state index contributed by atoms with van der Waals surface area (Å²) in [4.78, 5) is 4.25. The highest BCUT2D eigenvalue weighted by atomic mass is 19.4. The Bertz CT molecular complexity index is 1590. The molecule has 1 aromatic heterocycles. The smallest absolute Gasteiger partial charge is 0.418 e. The Labute approximate surface area is 221 Å². The number of ether oxygens (including phenoxy) is 1. The van der Waals surface area contributed by atoms with E-state index in [-0.39, 0.29) is 17.8 Å². The van der Waals surface area contributed by atoms with Gasteiger partial charge >= 0.3 is 12.8 Å². The summed E-state index contributed by atoms with van der Waals surface area (Å²) >= 11 is 0. The van der Waals surface area contributed by atoms with E-state index in [1.807, 2.05) is 48.5 Å². The number of rotatable bonds is 8. The third-order valence-electron chi connectivity index (χ3n) is 6.34. The average molecular weight is 535 g/mol. The van der Waals surface area contributed by atoms with Crippen LogP contribution >= 0.6 is 0 Å². The van der Waals surface area contributed by atoms with Gasteiger partial charge < -0.3 is 10.1 Å². The lowest BCUT2D eigenvalue weighted by molar-refractivity contribution is -0.136. The monoisotopic (exact) mass is 534 g/mol. The highest BCUT2D eigenvalue weighted by molar-refractivity contribution is 5.98. The molecule has 0 amide bonds. The van der Waals surface area contributed by atoms with E-state index in [2.05, 4.69) is 15.0 Å². The fraction of sp³-hybridized carbons (Fsp3) is 0.129. The van der Waals surface area contributed by atoms with Gasteiger partial charge in [0.15, 0.2) is 0 Å². The van der Waals surface area contributed by atoms with E-state index in [1.54, 1.807) is 30.3 Å². The average Bonchev–Trinajstić information content (AvgIpc) is 2.92. The second kappa shape index (κ2) is 11.1. The molecule has 0 aliphatic rings. The lowest BCUT2D eigenvalue weighted by Gasteiger charge is -2.17. The summed E-state index contributed by atoms with van der Waals surface area (Å²) < 4.78 is 71.7. The van der Waals surface area contributed by atoms with Crippen LogP contribution < -0.4 is 10.1 Å². The minimum absolute atomic E-state index is 0.0705. The Hall–Kier alpha value is -4.46. The molecule has 0 aliphatic carbocycles. The number of hydrogen-bond donors (Lipinski definition) is 1. The largest absolute Gasteiger partial charge is 0.434 e. The predicted octanol–water partition coefficient (Wildman–Crippen LogP) is 8.72. The van der Waals surface area contributed by atoms with Gasteiger partial charge in [-0.1, -0.05) is 72.8 Å². The summed E-state index contributed by atoms with van der Waals surface area (Å²) in [6, 6.07) is 27.5. The first-order valence-corrected chi connectivity index (χ1v) is 12.2. The van der Waals surface area contributed by atoms with Crippen LogP contribution in [0, 0.1) is 0 Å². The number of hydrogen-bond acceptors (Lipinski definition) is 3. The predicted molar refractivity (Wildman–Crippen MR) is 142 cm³/mol. The first kappa shape index (κ1) is 26.2. The van der Waals surface area contributed by atoms with E-state index in [9.17, 15) is 22.0 Å². The van der Waals surface area contributed by atoms with Gasteiger partial charge in [-0.25, -0.2) is 0 Å². The van der Waals surface area contributed by atoms with E-state index in [0.29, 0.717) is 34.2 Å². The second-order valence-electron chi connectivity index (χ2n) is 8.94. The molecule has 5 rings (SSSR count). The summed E-state index contributed by atoms with van der Waals surface area (Å²) in [6.45, 7) is -2.74. The number of nitrogens with one attached hydrogen (secondary N) is 1. The highest BCUT2D eigenvalue weighted by Crippen LogP contribution is 2.39. The van der Waals surface area contributed by atoms with Crippen molar-refractivity contribution < 1.29 is 26.7 Å². The fourth-order valence-electron chi connectivity index (χ4n) is 4.63. The van der Waals surface area contributed by atoms with Gasteiger partial charge in [0, 0.05) is 29.4 Å². The molecule has 1 heterocycles. The molecule has 0 aliphatic heterocycles. The topological polar surface area (TPSA) is 34.1 Å². The maximum atomic E-state index is 13.8. The summed E-state index contributed by atoms with van der Waals surface area (Å²) in [5.41, 5.74) is 3.43. The first-order chi connectivity index (χ1) is 18.8.